The van der Waals surface area contributed by atoms with Crippen LogP contribution in [-0.4, -0.2) is 27.2 Å². The van der Waals surface area contributed by atoms with Crippen LogP contribution in [0.4, 0.5) is 4.39 Å². The molecule has 2 aromatic rings. The first-order chi connectivity index (χ1) is 10.1. The Morgan fingerprint density at radius 2 is 2.33 bits per heavy atom. The number of amides is 1. The molecule has 7 heteroatoms. The zero-order valence-electron chi connectivity index (χ0n) is 11.4. The molecule has 0 unspecified atom stereocenters. The molecular weight excluding hydrogens is 273 g/mol. The summed E-state index contributed by atoms with van der Waals surface area (Å²) in [5.74, 6) is 4.95. The van der Waals surface area contributed by atoms with Crippen molar-refractivity contribution in [1.29, 1.82) is 0 Å². The Labute approximate surface area is 121 Å². The molecule has 1 aromatic heterocycles. The SMILES string of the molecule is Cn1cnc(CNC(=O)c2ccc(F)cc2C#CCN)n1. The number of nitrogens with one attached hydrogen (secondary N) is 1. The van der Waals surface area contributed by atoms with Gasteiger partial charge in [-0.1, -0.05) is 11.8 Å². The van der Waals surface area contributed by atoms with Crippen LogP contribution in [0.25, 0.3) is 0 Å². The van der Waals surface area contributed by atoms with Gasteiger partial charge in [0.15, 0.2) is 5.82 Å². The number of halogens is 1. The summed E-state index contributed by atoms with van der Waals surface area (Å²) in [6, 6.07) is 3.80. The predicted molar refractivity (Wildman–Crippen MR) is 74.5 cm³/mol. The fourth-order valence-corrected chi connectivity index (χ4v) is 1.68. The van der Waals surface area contributed by atoms with E-state index >= 15 is 0 Å². The van der Waals surface area contributed by atoms with E-state index in [1.54, 1.807) is 7.05 Å². The fourth-order valence-electron chi connectivity index (χ4n) is 1.68. The van der Waals surface area contributed by atoms with Crippen molar-refractivity contribution in [3.8, 4) is 11.8 Å². The van der Waals surface area contributed by atoms with Crippen molar-refractivity contribution in [3.63, 3.8) is 0 Å². The van der Waals surface area contributed by atoms with E-state index in [9.17, 15) is 9.18 Å². The zero-order valence-corrected chi connectivity index (χ0v) is 11.4. The molecule has 21 heavy (non-hydrogen) atoms. The Morgan fingerprint density at radius 3 is 3.00 bits per heavy atom. The molecule has 0 fully saturated rings. The topological polar surface area (TPSA) is 85.8 Å². The summed E-state index contributed by atoms with van der Waals surface area (Å²) in [7, 11) is 1.73. The largest absolute Gasteiger partial charge is 0.345 e. The summed E-state index contributed by atoms with van der Waals surface area (Å²) in [4.78, 5) is 16.1. The van der Waals surface area contributed by atoms with Gasteiger partial charge >= 0.3 is 0 Å². The Hall–Kier alpha value is -2.72. The average Bonchev–Trinajstić information content (AvgIpc) is 2.88. The molecule has 1 aromatic carbocycles. The van der Waals surface area contributed by atoms with Gasteiger partial charge in [-0.3, -0.25) is 9.48 Å². The van der Waals surface area contributed by atoms with Crippen LogP contribution >= 0.6 is 0 Å². The molecule has 0 aliphatic rings. The Morgan fingerprint density at radius 1 is 1.52 bits per heavy atom. The van der Waals surface area contributed by atoms with Crippen LogP contribution in [0.3, 0.4) is 0 Å². The van der Waals surface area contributed by atoms with Crippen LogP contribution in [0.5, 0.6) is 0 Å². The number of rotatable bonds is 3. The van der Waals surface area contributed by atoms with E-state index in [2.05, 4.69) is 27.2 Å². The minimum Gasteiger partial charge on any atom is -0.345 e. The van der Waals surface area contributed by atoms with Gasteiger partial charge in [0.05, 0.1) is 18.7 Å². The van der Waals surface area contributed by atoms with E-state index in [0.717, 1.165) is 0 Å². The number of nitrogens with two attached hydrogens (primary N) is 1. The molecule has 0 bridgehead atoms. The molecule has 2 rings (SSSR count). The van der Waals surface area contributed by atoms with Gasteiger partial charge in [-0.15, -0.1) is 0 Å². The molecule has 1 heterocycles. The average molecular weight is 287 g/mol. The van der Waals surface area contributed by atoms with Gasteiger partial charge in [-0.05, 0) is 18.2 Å². The maximum atomic E-state index is 13.2. The van der Waals surface area contributed by atoms with Crippen molar-refractivity contribution < 1.29 is 9.18 Å². The first-order valence-electron chi connectivity index (χ1n) is 6.21. The van der Waals surface area contributed by atoms with Gasteiger partial charge in [0.2, 0.25) is 0 Å². The summed E-state index contributed by atoms with van der Waals surface area (Å²) in [6.07, 6.45) is 1.54. The molecule has 0 atom stereocenters. The molecule has 1 amide bonds. The molecule has 6 nitrogen and oxygen atoms in total. The molecular formula is C14H14FN5O. The molecule has 0 radical (unpaired) electrons. The Bertz CT molecular complexity index is 714. The first kappa shape index (κ1) is 14.7. The second-order valence-electron chi connectivity index (χ2n) is 4.21. The molecule has 0 aliphatic carbocycles. The van der Waals surface area contributed by atoms with Crippen LogP contribution in [0, 0.1) is 17.7 Å². The van der Waals surface area contributed by atoms with Gasteiger partial charge in [-0.2, -0.15) is 5.10 Å². The highest BCUT2D eigenvalue weighted by Gasteiger charge is 2.11. The maximum absolute atomic E-state index is 13.2. The van der Waals surface area contributed by atoms with Crippen molar-refractivity contribution in [2.75, 3.05) is 6.54 Å². The predicted octanol–water partition coefficient (Wildman–Crippen LogP) is 0.194. The second-order valence-corrected chi connectivity index (χ2v) is 4.21. The van der Waals surface area contributed by atoms with Gasteiger partial charge in [0.1, 0.15) is 12.1 Å². The number of hydrogen-bond acceptors (Lipinski definition) is 4. The lowest BCUT2D eigenvalue weighted by Crippen LogP contribution is -2.24. The fraction of sp³-hybridized carbons (Fsp3) is 0.214. The lowest BCUT2D eigenvalue weighted by Gasteiger charge is -2.05. The van der Waals surface area contributed by atoms with Crippen LogP contribution in [0.15, 0.2) is 24.5 Å². The Kier molecular flexibility index (Phi) is 4.64. The number of carbonyl (C=O) groups is 1. The van der Waals surface area contributed by atoms with E-state index in [1.807, 2.05) is 0 Å². The summed E-state index contributed by atoms with van der Waals surface area (Å²) in [5, 5.41) is 6.71. The first-order valence-corrected chi connectivity index (χ1v) is 6.21. The van der Waals surface area contributed by atoms with E-state index in [4.69, 9.17) is 5.73 Å². The minimum atomic E-state index is -0.459. The lowest BCUT2D eigenvalue weighted by molar-refractivity contribution is 0.0949. The third-order valence-electron chi connectivity index (χ3n) is 2.61. The molecule has 0 saturated carbocycles. The van der Waals surface area contributed by atoms with Crippen molar-refractivity contribution >= 4 is 5.91 Å². The highest BCUT2D eigenvalue weighted by atomic mass is 19.1. The van der Waals surface area contributed by atoms with Crippen molar-refractivity contribution in [2.45, 2.75) is 6.54 Å². The quantitative estimate of drug-likeness (QED) is 0.789. The standard InChI is InChI=1S/C14H14FN5O/c1-20-9-18-13(19-20)8-17-14(21)12-5-4-11(15)7-10(12)3-2-6-16/h4-5,7,9H,6,8,16H2,1H3,(H,17,21). The Balaban J connectivity index is 2.14. The summed E-state index contributed by atoms with van der Waals surface area (Å²) in [5.41, 5.74) is 5.87. The van der Waals surface area contributed by atoms with Gasteiger partial charge in [0, 0.05) is 12.6 Å². The van der Waals surface area contributed by atoms with E-state index in [-0.39, 0.29) is 24.6 Å². The number of carbonyl (C=O) groups excluding carboxylic acids is 1. The van der Waals surface area contributed by atoms with Gasteiger partial charge in [-0.25, -0.2) is 9.37 Å². The maximum Gasteiger partial charge on any atom is 0.252 e. The highest BCUT2D eigenvalue weighted by Crippen LogP contribution is 2.10. The van der Waals surface area contributed by atoms with Gasteiger partial charge in [0.25, 0.3) is 5.91 Å². The third kappa shape index (κ3) is 3.87. The number of aromatic nitrogens is 3. The molecule has 3 N–H and O–H groups in total. The van der Waals surface area contributed by atoms with Crippen LogP contribution < -0.4 is 11.1 Å². The summed E-state index contributed by atoms with van der Waals surface area (Å²) in [6.45, 7) is 0.316. The lowest BCUT2D eigenvalue weighted by atomic mass is 10.1. The second kappa shape index (κ2) is 6.63. The molecule has 0 aliphatic heterocycles. The van der Waals surface area contributed by atoms with Crippen molar-refractivity contribution in [1.82, 2.24) is 20.1 Å². The van der Waals surface area contributed by atoms with E-state index < -0.39 is 5.82 Å². The number of benzene rings is 1. The molecule has 0 saturated heterocycles. The summed E-state index contributed by atoms with van der Waals surface area (Å²) >= 11 is 0. The van der Waals surface area contributed by atoms with Crippen molar-refractivity contribution in [2.24, 2.45) is 12.8 Å². The third-order valence-corrected chi connectivity index (χ3v) is 2.61. The number of nitrogens with zero attached hydrogens (tertiary/aromatic N) is 3. The van der Waals surface area contributed by atoms with E-state index in [1.165, 1.54) is 29.2 Å². The normalized spacial score (nSPS) is 9.86. The van der Waals surface area contributed by atoms with E-state index in [0.29, 0.717) is 11.4 Å². The van der Waals surface area contributed by atoms with Gasteiger partial charge < -0.3 is 11.1 Å². The number of aryl methyl sites for hydroxylation is 1. The summed E-state index contributed by atoms with van der Waals surface area (Å²) < 4.78 is 14.8. The van der Waals surface area contributed by atoms with Crippen LogP contribution in [0.2, 0.25) is 0 Å². The van der Waals surface area contributed by atoms with Crippen LogP contribution in [-0.2, 0) is 13.6 Å². The smallest absolute Gasteiger partial charge is 0.252 e. The zero-order chi connectivity index (χ0) is 15.2. The van der Waals surface area contributed by atoms with Crippen molar-refractivity contribution in [3.05, 3.63) is 47.3 Å². The minimum absolute atomic E-state index is 0.134. The monoisotopic (exact) mass is 287 g/mol. The highest BCUT2D eigenvalue weighted by molar-refractivity contribution is 5.96. The van der Waals surface area contributed by atoms with Crippen LogP contribution in [0.1, 0.15) is 21.7 Å². The molecule has 108 valence electrons. The molecule has 0 spiro atoms. The number of hydrogen-bond donors (Lipinski definition) is 2.